The van der Waals surface area contributed by atoms with Gasteiger partial charge in [0.1, 0.15) is 0 Å². The highest BCUT2D eigenvalue weighted by Crippen LogP contribution is 2.17. The summed E-state index contributed by atoms with van der Waals surface area (Å²) in [5.74, 6) is 1.12. The van der Waals surface area contributed by atoms with Crippen molar-refractivity contribution >= 4 is 23.2 Å². The lowest BCUT2D eigenvalue weighted by Gasteiger charge is -2.17. The average molecular weight is 279 g/mol. The molecule has 2 aromatic heterocycles. The Morgan fingerprint density at radius 1 is 1.37 bits per heavy atom. The molecule has 7 heteroatoms. The van der Waals surface area contributed by atoms with Crippen molar-refractivity contribution in [3.05, 3.63) is 22.4 Å². The molecular formula is C12H17N5OS. The van der Waals surface area contributed by atoms with E-state index in [-0.39, 0.29) is 0 Å². The first kappa shape index (κ1) is 13.5. The average Bonchev–Trinajstić information content (AvgIpc) is 2.91. The molecule has 0 saturated carbocycles. The maximum absolute atomic E-state index is 5.10. The summed E-state index contributed by atoms with van der Waals surface area (Å²) in [6, 6.07) is 4.44. The van der Waals surface area contributed by atoms with Crippen LogP contribution in [0.4, 0.5) is 11.9 Å². The van der Waals surface area contributed by atoms with Crippen LogP contribution in [-0.2, 0) is 6.54 Å². The predicted molar refractivity (Wildman–Crippen MR) is 77.0 cm³/mol. The van der Waals surface area contributed by atoms with Crippen molar-refractivity contribution in [2.45, 2.75) is 13.5 Å². The van der Waals surface area contributed by atoms with Crippen LogP contribution < -0.4 is 15.0 Å². The minimum atomic E-state index is 0.318. The number of nitrogens with zero attached hydrogens (tertiary/aromatic N) is 4. The molecule has 2 heterocycles. The molecule has 0 atom stereocenters. The molecule has 2 aromatic rings. The second-order valence-corrected chi connectivity index (χ2v) is 4.94. The molecule has 2 rings (SSSR count). The van der Waals surface area contributed by atoms with E-state index < -0.39 is 0 Å². The molecule has 0 fully saturated rings. The molecular weight excluding hydrogens is 262 g/mol. The van der Waals surface area contributed by atoms with Gasteiger partial charge < -0.3 is 15.0 Å². The summed E-state index contributed by atoms with van der Waals surface area (Å²) in [4.78, 5) is 16.0. The van der Waals surface area contributed by atoms with Crippen LogP contribution in [0.1, 0.15) is 11.8 Å². The normalized spacial score (nSPS) is 10.3. The van der Waals surface area contributed by atoms with Crippen LogP contribution in [0.15, 0.2) is 17.5 Å². The van der Waals surface area contributed by atoms with Gasteiger partial charge in [-0.2, -0.15) is 15.0 Å². The van der Waals surface area contributed by atoms with Gasteiger partial charge in [-0.1, -0.05) is 6.07 Å². The van der Waals surface area contributed by atoms with E-state index in [0.717, 1.165) is 13.1 Å². The second-order valence-electron chi connectivity index (χ2n) is 3.91. The van der Waals surface area contributed by atoms with Gasteiger partial charge in [0.15, 0.2) is 0 Å². The molecule has 0 radical (unpaired) electrons. The van der Waals surface area contributed by atoms with Gasteiger partial charge in [-0.05, 0) is 18.4 Å². The summed E-state index contributed by atoms with van der Waals surface area (Å²) in [6.07, 6.45) is 0. The lowest BCUT2D eigenvalue weighted by atomic mass is 10.4. The first-order chi connectivity index (χ1) is 9.22. The van der Waals surface area contributed by atoms with Gasteiger partial charge in [0, 0.05) is 18.5 Å². The molecule has 0 amide bonds. The lowest BCUT2D eigenvalue weighted by Crippen LogP contribution is -2.20. The first-order valence-electron chi connectivity index (χ1n) is 6.00. The monoisotopic (exact) mass is 279 g/mol. The summed E-state index contributed by atoms with van der Waals surface area (Å²) >= 11 is 1.71. The predicted octanol–water partition coefficient (Wildman–Crippen LogP) is 2.01. The summed E-state index contributed by atoms with van der Waals surface area (Å²) < 4.78 is 5.10. The van der Waals surface area contributed by atoms with E-state index in [9.17, 15) is 0 Å². The molecule has 0 bridgehead atoms. The van der Waals surface area contributed by atoms with Crippen molar-refractivity contribution in [3.63, 3.8) is 0 Å². The Morgan fingerprint density at radius 2 is 2.21 bits per heavy atom. The van der Waals surface area contributed by atoms with Crippen LogP contribution in [0.2, 0.25) is 0 Å². The molecule has 1 N–H and O–H groups in total. The van der Waals surface area contributed by atoms with Crippen molar-refractivity contribution < 1.29 is 4.74 Å². The fourth-order valence-electron chi connectivity index (χ4n) is 1.55. The highest BCUT2D eigenvalue weighted by atomic mass is 32.1. The van der Waals surface area contributed by atoms with E-state index in [4.69, 9.17) is 4.74 Å². The van der Waals surface area contributed by atoms with Crippen LogP contribution in [0.25, 0.3) is 0 Å². The Morgan fingerprint density at radius 3 is 2.84 bits per heavy atom. The number of anilines is 2. The smallest absolute Gasteiger partial charge is 0.322 e. The molecule has 0 unspecified atom stereocenters. The summed E-state index contributed by atoms with van der Waals surface area (Å²) in [6.45, 7) is 3.50. The fraction of sp³-hybridized carbons (Fsp3) is 0.417. The minimum Gasteiger partial charge on any atom is -0.467 e. The minimum absolute atomic E-state index is 0.318. The molecule has 0 spiro atoms. The molecule has 0 aliphatic heterocycles. The molecule has 0 aromatic carbocycles. The van der Waals surface area contributed by atoms with Gasteiger partial charge in [0.05, 0.1) is 13.7 Å². The third-order valence-corrected chi connectivity index (χ3v) is 3.30. The van der Waals surface area contributed by atoms with Gasteiger partial charge in [0.25, 0.3) is 0 Å². The zero-order valence-corrected chi connectivity index (χ0v) is 12.1. The first-order valence-corrected chi connectivity index (χ1v) is 6.88. The van der Waals surface area contributed by atoms with Crippen LogP contribution >= 0.6 is 11.3 Å². The third-order valence-electron chi connectivity index (χ3n) is 2.44. The molecule has 0 saturated heterocycles. The SMILES string of the molecule is CCNc1nc(OC)nc(N(C)Cc2cccs2)n1. The maximum Gasteiger partial charge on any atom is 0.322 e. The van der Waals surface area contributed by atoms with Gasteiger partial charge in [-0.3, -0.25) is 0 Å². The molecule has 102 valence electrons. The summed E-state index contributed by atoms with van der Waals surface area (Å²) in [7, 11) is 3.50. The zero-order chi connectivity index (χ0) is 13.7. The van der Waals surface area contributed by atoms with Crippen molar-refractivity contribution in [1.82, 2.24) is 15.0 Å². The van der Waals surface area contributed by atoms with Crippen molar-refractivity contribution in [2.24, 2.45) is 0 Å². The largest absolute Gasteiger partial charge is 0.467 e. The van der Waals surface area contributed by atoms with E-state index in [0.29, 0.717) is 17.9 Å². The van der Waals surface area contributed by atoms with Crippen molar-refractivity contribution in [1.29, 1.82) is 0 Å². The number of thiophene rings is 1. The Kier molecular flexibility index (Phi) is 4.51. The van der Waals surface area contributed by atoms with Gasteiger partial charge >= 0.3 is 6.01 Å². The number of ether oxygens (including phenoxy) is 1. The van der Waals surface area contributed by atoms with Crippen molar-refractivity contribution in [2.75, 3.05) is 30.9 Å². The molecule has 19 heavy (non-hydrogen) atoms. The van der Waals surface area contributed by atoms with Gasteiger partial charge in [0.2, 0.25) is 11.9 Å². The zero-order valence-electron chi connectivity index (χ0n) is 11.3. The second kappa shape index (κ2) is 6.33. The lowest BCUT2D eigenvalue weighted by molar-refractivity contribution is 0.379. The Hall–Kier alpha value is -1.89. The Balaban J connectivity index is 2.19. The van der Waals surface area contributed by atoms with Crippen molar-refractivity contribution in [3.8, 4) is 6.01 Å². The standard InChI is InChI=1S/C12H17N5OS/c1-4-13-10-14-11(16-12(15-10)18-3)17(2)8-9-6-5-7-19-9/h5-7H,4,8H2,1-3H3,(H,13,14,15,16). The van der Waals surface area contributed by atoms with Crippen LogP contribution in [-0.4, -0.2) is 35.7 Å². The number of hydrogen-bond donors (Lipinski definition) is 1. The van der Waals surface area contributed by atoms with E-state index in [2.05, 4.69) is 31.7 Å². The van der Waals surface area contributed by atoms with E-state index >= 15 is 0 Å². The van der Waals surface area contributed by atoms with E-state index in [1.165, 1.54) is 4.88 Å². The van der Waals surface area contributed by atoms with Crippen LogP contribution in [0.3, 0.4) is 0 Å². The van der Waals surface area contributed by atoms with E-state index in [1.54, 1.807) is 18.4 Å². The maximum atomic E-state index is 5.10. The van der Waals surface area contributed by atoms with Gasteiger partial charge in [-0.15, -0.1) is 11.3 Å². The number of nitrogens with one attached hydrogen (secondary N) is 1. The van der Waals surface area contributed by atoms with E-state index in [1.807, 2.05) is 24.9 Å². The number of rotatable bonds is 6. The number of methoxy groups -OCH3 is 1. The molecule has 0 aliphatic carbocycles. The summed E-state index contributed by atoms with van der Waals surface area (Å²) in [5, 5.41) is 5.13. The highest BCUT2D eigenvalue weighted by molar-refractivity contribution is 7.09. The van der Waals surface area contributed by atoms with Gasteiger partial charge in [-0.25, -0.2) is 0 Å². The quantitative estimate of drug-likeness (QED) is 0.872. The Bertz CT molecular complexity index is 517. The van der Waals surface area contributed by atoms with Crippen LogP contribution in [0.5, 0.6) is 6.01 Å². The van der Waals surface area contributed by atoms with Crippen LogP contribution in [0, 0.1) is 0 Å². The Labute approximate surface area is 116 Å². The fourth-order valence-corrected chi connectivity index (χ4v) is 2.31. The highest BCUT2D eigenvalue weighted by Gasteiger charge is 2.11. The third kappa shape index (κ3) is 3.54. The topological polar surface area (TPSA) is 63.2 Å². The number of aromatic nitrogens is 3. The molecule has 0 aliphatic rings. The molecule has 6 nitrogen and oxygen atoms in total. The number of hydrogen-bond acceptors (Lipinski definition) is 7. The summed E-state index contributed by atoms with van der Waals surface area (Å²) in [5.41, 5.74) is 0.